The first kappa shape index (κ1) is 27.9. The molecule has 198 valence electrons. The van der Waals surface area contributed by atoms with Gasteiger partial charge in [0.1, 0.15) is 16.4 Å². The number of carbonyl (C=O) groups is 1. The largest absolute Gasteiger partial charge is 0.494 e. The van der Waals surface area contributed by atoms with E-state index in [1.54, 1.807) is 41.3 Å². The van der Waals surface area contributed by atoms with Crippen LogP contribution in [0.1, 0.15) is 31.9 Å². The van der Waals surface area contributed by atoms with E-state index in [0.29, 0.717) is 29.7 Å². The minimum atomic E-state index is -4.69. The normalized spacial score (nSPS) is 11.8. The summed E-state index contributed by atoms with van der Waals surface area (Å²) in [6.07, 6.45) is -4.69. The maximum Gasteiger partial charge on any atom is 0.416 e. The number of ether oxygens (including phenoxy) is 1. The predicted octanol–water partition coefficient (Wildman–Crippen LogP) is 6.31. The van der Waals surface area contributed by atoms with Gasteiger partial charge in [0.2, 0.25) is 0 Å². The number of anilines is 1. The van der Waals surface area contributed by atoms with E-state index in [4.69, 9.17) is 8.92 Å². The standard InChI is InChI=1S/C26H27F3N2O5S/c1-4-35-22-14-10-21(11-15-22)30-25(32)31(18(2)3)17-19-8-12-23(13-9-19)36-37(33,34)24-7-5-6-20(16-24)26(27,28)29/h5-16,18H,4,17H2,1-3H3,(H,30,32). The third-order valence-electron chi connectivity index (χ3n) is 5.23. The highest BCUT2D eigenvalue weighted by Crippen LogP contribution is 2.31. The summed E-state index contributed by atoms with van der Waals surface area (Å²) < 4.78 is 74.2. The minimum absolute atomic E-state index is 0.0731. The second kappa shape index (κ2) is 11.5. The van der Waals surface area contributed by atoms with Gasteiger partial charge in [-0.05, 0) is 80.9 Å². The van der Waals surface area contributed by atoms with Crippen molar-refractivity contribution in [3.05, 3.63) is 83.9 Å². The highest BCUT2D eigenvalue weighted by Gasteiger charge is 2.32. The Bertz CT molecular complexity index is 1310. The molecule has 0 radical (unpaired) electrons. The van der Waals surface area contributed by atoms with Crippen molar-refractivity contribution in [1.82, 2.24) is 4.90 Å². The van der Waals surface area contributed by atoms with Crippen LogP contribution in [0.3, 0.4) is 0 Å². The lowest BCUT2D eigenvalue weighted by Crippen LogP contribution is -2.39. The van der Waals surface area contributed by atoms with Crippen molar-refractivity contribution >= 4 is 21.8 Å². The number of benzene rings is 3. The summed E-state index contributed by atoms with van der Waals surface area (Å²) in [7, 11) is -4.48. The van der Waals surface area contributed by atoms with Gasteiger partial charge in [-0.3, -0.25) is 0 Å². The molecule has 0 aliphatic rings. The summed E-state index contributed by atoms with van der Waals surface area (Å²) in [5.74, 6) is 0.620. The summed E-state index contributed by atoms with van der Waals surface area (Å²) in [6, 6.07) is 15.7. The van der Waals surface area contributed by atoms with Gasteiger partial charge in [-0.1, -0.05) is 18.2 Å². The van der Waals surface area contributed by atoms with E-state index in [0.717, 1.165) is 18.2 Å². The van der Waals surface area contributed by atoms with Gasteiger partial charge in [0.05, 0.1) is 12.2 Å². The Morgan fingerprint density at radius 2 is 1.59 bits per heavy atom. The van der Waals surface area contributed by atoms with Crippen LogP contribution in [0.5, 0.6) is 11.5 Å². The summed E-state index contributed by atoms with van der Waals surface area (Å²) >= 11 is 0. The lowest BCUT2D eigenvalue weighted by molar-refractivity contribution is -0.137. The Morgan fingerprint density at radius 3 is 2.16 bits per heavy atom. The molecule has 0 aromatic heterocycles. The van der Waals surface area contributed by atoms with Crippen LogP contribution in [-0.4, -0.2) is 32.0 Å². The van der Waals surface area contributed by atoms with Gasteiger partial charge in [0.25, 0.3) is 0 Å². The highest BCUT2D eigenvalue weighted by molar-refractivity contribution is 7.87. The third kappa shape index (κ3) is 7.63. The average molecular weight is 537 g/mol. The summed E-state index contributed by atoms with van der Waals surface area (Å²) in [6.45, 7) is 6.35. The van der Waals surface area contributed by atoms with Crippen molar-refractivity contribution in [2.45, 2.75) is 44.4 Å². The average Bonchev–Trinajstić information content (AvgIpc) is 2.84. The molecule has 0 fully saturated rings. The quantitative estimate of drug-likeness (QED) is 0.324. The fraction of sp³-hybridized carbons (Fsp3) is 0.269. The molecule has 3 aromatic carbocycles. The first-order valence-corrected chi connectivity index (χ1v) is 12.8. The van der Waals surface area contributed by atoms with Crippen molar-refractivity contribution < 1.29 is 35.3 Å². The Balaban J connectivity index is 1.68. The number of hydrogen-bond donors (Lipinski definition) is 1. The molecule has 0 aliphatic carbocycles. The molecule has 11 heteroatoms. The maximum absolute atomic E-state index is 12.9. The first-order chi connectivity index (χ1) is 17.4. The van der Waals surface area contributed by atoms with Crippen LogP contribution < -0.4 is 14.2 Å². The van der Waals surface area contributed by atoms with Gasteiger partial charge in [-0.25, -0.2) is 4.79 Å². The molecule has 37 heavy (non-hydrogen) atoms. The second-order valence-electron chi connectivity index (χ2n) is 8.32. The molecule has 0 saturated carbocycles. The Hall–Kier alpha value is -3.73. The van der Waals surface area contributed by atoms with Gasteiger partial charge in [-0.2, -0.15) is 21.6 Å². The van der Waals surface area contributed by atoms with Crippen molar-refractivity contribution in [1.29, 1.82) is 0 Å². The van der Waals surface area contributed by atoms with Crippen molar-refractivity contribution in [3.8, 4) is 11.5 Å². The SMILES string of the molecule is CCOc1ccc(NC(=O)N(Cc2ccc(OS(=O)(=O)c3cccc(C(F)(F)F)c3)cc2)C(C)C)cc1. The number of hydrogen-bond acceptors (Lipinski definition) is 5. The van der Waals surface area contributed by atoms with Crippen LogP contribution in [0.4, 0.5) is 23.7 Å². The number of carbonyl (C=O) groups excluding carboxylic acids is 1. The predicted molar refractivity (Wildman–Crippen MR) is 133 cm³/mol. The molecular weight excluding hydrogens is 509 g/mol. The van der Waals surface area contributed by atoms with Crippen molar-refractivity contribution in [2.75, 3.05) is 11.9 Å². The molecular formula is C26H27F3N2O5S. The van der Waals surface area contributed by atoms with E-state index in [2.05, 4.69) is 5.32 Å². The first-order valence-electron chi connectivity index (χ1n) is 11.4. The van der Waals surface area contributed by atoms with Crippen LogP contribution in [0, 0.1) is 0 Å². The molecule has 2 amide bonds. The fourth-order valence-electron chi connectivity index (χ4n) is 3.34. The monoisotopic (exact) mass is 536 g/mol. The molecule has 0 unspecified atom stereocenters. The van der Waals surface area contributed by atoms with E-state index in [1.165, 1.54) is 12.1 Å². The number of nitrogens with zero attached hydrogens (tertiary/aromatic N) is 1. The van der Waals surface area contributed by atoms with Crippen LogP contribution in [0.15, 0.2) is 77.7 Å². The lowest BCUT2D eigenvalue weighted by atomic mass is 10.2. The van der Waals surface area contributed by atoms with E-state index in [9.17, 15) is 26.4 Å². The van der Waals surface area contributed by atoms with Gasteiger partial charge in [0, 0.05) is 18.3 Å². The number of alkyl halides is 3. The Kier molecular flexibility index (Phi) is 8.69. The number of nitrogens with one attached hydrogen (secondary N) is 1. The minimum Gasteiger partial charge on any atom is -0.494 e. The van der Waals surface area contributed by atoms with Crippen molar-refractivity contribution in [2.24, 2.45) is 0 Å². The smallest absolute Gasteiger partial charge is 0.416 e. The summed E-state index contributed by atoms with van der Waals surface area (Å²) in [5, 5.41) is 2.84. The molecule has 0 bridgehead atoms. The molecule has 1 N–H and O–H groups in total. The van der Waals surface area contributed by atoms with Crippen LogP contribution in [0.25, 0.3) is 0 Å². The second-order valence-corrected chi connectivity index (χ2v) is 9.86. The van der Waals surface area contributed by atoms with Crippen LogP contribution in [-0.2, 0) is 22.8 Å². The zero-order chi connectivity index (χ0) is 27.2. The Morgan fingerprint density at radius 1 is 0.973 bits per heavy atom. The van der Waals surface area contributed by atoms with E-state index in [1.807, 2.05) is 20.8 Å². The lowest BCUT2D eigenvalue weighted by Gasteiger charge is -2.27. The third-order valence-corrected chi connectivity index (χ3v) is 6.48. The summed E-state index contributed by atoms with van der Waals surface area (Å²) in [5.41, 5.74) is 0.201. The highest BCUT2D eigenvalue weighted by atomic mass is 32.2. The van der Waals surface area contributed by atoms with Crippen molar-refractivity contribution in [3.63, 3.8) is 0 Å². The molecule has 3 rings (SSSR count). The molecule has 7 nitrogen and oxygen atoms in total. The molecule has 0 atom stereocenters. The molecule has 3 aromatic rings. The molecule has 0 spiro atoms. The molecule has 0 aliphatic heterocycles. The number of halogens is 3. The van der Waals surface area contributed by atoms with Crippen LogP contribution >= 0.6 is 0 Å². The van der Waals surface area contributed by atoms with Gasteiger partial charge < -0.3 is 19.1 Å². The molecule has 0 heterocycles. The van der Waals surface area contributed by atoms with Gasteiger partial charge in [0.15, 0.2) is 0 Å². The van der Waals surface area contributed by atoms with Crippen LogP contribution in [0.2, 0.25) is 0 Å². The maximum atomic E-state index is 12.9. The fourth-order valence-corrected chi connectivity index (χ4v) is 4.31. The van der Waals surface area contributed by atoms with Gasteiger partial charge >= 0.3 is 22.3 Å². The van der Waals surface area contributed by atoms with E-state index >= 15 is 0 Å². The Labute approximate surface area is 213 Å². The number of rotatable bonds is 9. The zero-order valence-electron chi connectivity index (χ0n) is 20.5. The summed E-state index contributed by atoms with van der Waals surface area (Å²) in [4.78, 5) is 13.9. The zero-order valence-corrected chi connectivity index (χ0v) is 21.3. The van der Waals surface area contributed by atoms with Gasteiger partial charge in [-0.15, -0.1) is 0 Å². The number of amides is 2. The number of urea groups is 1. The van der Waals surface area contributed by atoms with E-state index in [-0.39, 0.29) is 24.4 Å². The topological polar surface area (TPSA) is 84.9 Å². The molecule has 0 saturated heterocycles. The van der Waals surface area contributed by atoms with E-state index < -0.39 is 26.8 Å².